The van der Waals surface area contributed by atoms with Crippen molar-refractivity contribution in [2.24, 2.45) is 5.73 Å². The van der Waals surface area contributed by atoms with E-state index in [1.807, 2.05) is 6.07 Å². The van der Waals surface area contributed by atoms with Crippen LogP contribution in [0.1, 0.15) is 5.56 Å². The lowest BCUT2D eigenvalue weighted by Gasteiger charge is -2.19. The van der Waals surface area contributed by atoms with Gasteiger partial charge in [0.1, 0.15) is 5.75 Å². The predicted octanol–water partition coefficient (Wildman–Crippen LogP) is -0.120. The fourth-order valence-corrected chi connectivity index (χ4v) is 1.61. The number of carbonyl (C=O) groups is 1. The standard InChI is InChI=1S/C11H14N2O3/c12-5-8(14)3-7-1-2-10-9(4-7)13-11(15)6-16-10/h1-2,4,8,14H,3,5-6,12H2,(H,13,15). The number of anilines is 1. The zero-order chi connectivity index (χ0) is 11.5. The first kappa shape index (κ1) is 10.9. The van der Waals surface area contributed by atoms with Gasteiger partial charge in [-0.2, -0.15) is 0 Å². The van der Waals surface area contributed by atoms with Gasteiger partial charge in [0.15, 0.2) is 6.61 Å². The van der Waals surface area contributed by atoms with Crippen molar-refractivity contribution in [3.63, 3.8) is 0 Å². The minimum atomic E-state index is -0.557. The van der Waals surface area contributed by atoms with Crippen LogP contribution >= 0.6 is 0 Å². The highest BCUT2D eigenvalue weighted by Crippen LogP contribution is 2.28. The number of nitrogens with two attached hydrogens (primary N) is 1. The number of fused-ring (bicyclic) bond motifs is 1. The van der Waals surface area contributed by atoms with Crippen LogP contribution in [0.3, 0.4) is 0 Å². The lowest BCUT2D eigenvalue weighted by atomic mass is 10.1. The van der Waals surface area contributed by atoms with Crippen LogP contribution in [-0.4, -0.2) is 30.3 Å². The van der Waals surface area contributed by atoms with Gasteiger partial charge in [-0.15, -0.1) is 0 Å². The Hall–Kier alpha value is -1.59. The van der Waals surface area contributed by atoms with Crippen LogP contribution in [0.2, 0.25) is 0 Å². The quantitative estimate of drug-likeness (QED) is 0.665. The number of hydrogen-bond acceptors (Lipinski definition) is 4. The third-order valence-corrected chi connectivity index (χ3v) is 2.42. The maximum absolute atomic E-state index is 11.1. The van der Waals surface area contributed by atoms with Crippen molar-refractivity contribution in [1.29, 1.82) is 0 Å². The average molecular weight is 222 g/mol. The molecule has 0 fully saturated rings. The van der Waals surface area contributed by atoms with E-state index in [2.05, 4.69) is 5.32 Å². The topological polar surface area (TPSA) is 84.6 Å². The lowest BCUT2D eigenvalue weighted by molar-refractivity contribution is -0.118. The molecular formula is C11H14N2O3. The van der Waals surface area contributed by atoms with Crippen molar-refractivity contribution in [1.82, 2.24) is 0 Å². The van der Waals surface area contributed by atoms with Crippen LogP contribution in [-0.2, 0) is 11.2 Å². The number of rotatable bonds is 3. The molecule has 0 spiro atoms. The summed E-state index contributed by atoms with van der Waals surface area (Å²) in [7, 11) is 0. The molecule has 1 aromatic rings. The molecule has 1 unspecified atom stereocenters. The highest BCUT2D eigenvalue weighted by atomic mass is 16.5. The molecule has 0 radical (unpaired) electrons. The van der Waals surface area contributed by atoms with Gasteiger partial charge in [-0.25, -0.2) is 0 Å². The molecule has 5 heteroatoms. The minimum absolute atomic E-state index is 0.0533. The highest BCUT2D eigenvalue weighted by molar-refractivity contribution is 5.95. The first-order valence-corrected chi connectivity index (χ1v) is 5.13. The number of hydrogen-bond donors (Lipinski definition) is 3. The number of aliphatic hydroxyl groups excluding tert-OH is 1. The SMILES string of the molecule is NCC(O)Cc1ccc2c(c1)NC(=O)CO2. The normalized spacial score (nSPS) is 16.0. The van der Waals surface area contributed by atoms with Crippen molar-refractivity contribution >= 4 is 11.6 Å². The van der Waals surface area contributed by atoms with Crippen LogP contribution in [0.5, 0.6) is 5.75 Å². The molecule has 0 saturated carbocycles. The van der Waals surface area contributed by atoms with Gasteiger partial charge in [0.25, 0.3) is 5.91 Å². The number of amides is 1. The second-order valence-corrected chi connectivity index (χ2v) is 3.76. The van der Waals surface area contributed by atoms with E-state index < -0.39 is 6.10 Å². The molecular weight excluding hydrogens is 208 g/mol. The zero-order valence-electron chi connectivity index (χ0n) is 8.77. The first-order valence-electron chi connectivity index (χ1n) is 5.13. The molecule has 0 bridgehead atoms. The molecule has 1 aliphatic rings. The Bertz CT molecular complexity index is 406. The Labute approximate surface area is 93.2 Å². The summed E-state index contributed by atoms with van der Waals surface area (Å²) in [5.74, 6) is 0.495. The van der Waals surface area contributed by atoms with Crippen LogP contribution < -0.4 is 15.8 Å². The zero-order valence-corrected chi connectivity index (χ0v) is 8.77. The second-order valence-electron chi connectivity index (χ2n) is 3.76. The van der Waals surface area contributed by atoms with E-state index in [0.717, 1.165) is 5.56 Å². The lowest BCUT2D eigenvalue weighted by Crippen LogP contribution is -2.26. The van der Waals surface area contributed by atoms with E-state index >= 15 is 0 Å². The largest absolute Gasteiger partial charge is 0.482 e. The summed E-state index contributed by atoms with van der Waals surface area (Å²) in [4.78, 5) is 11.1. The Morgan fingerprint density at radius 2 is 2.38 bits per heavy atom. The third kappa shape index (κ3) is 2.32. The van der Waals surface area contributed by atoms with E-state index in [-0.39, 0.29) is 19.1 Å². The van der Waals surface area contributed by atoms with Crippen LogP contribution in [0.25, 0.3) is 0 Å². The molecule has 0 saturated heterocycles. The van der Waals surface area contributed by atoms with Gasteiger partial charge in [0.2, 0.25) is 0 Å². The van der Waals surface area contributed by atoms with Gasteiger partial charge in [-0.1, -0.05) is 6.07 Å². The van der Waals surface area contributed by atoms with Gasteiger partial charge in [-0.05, 0) is 24.1 Å². The number of nitrogens with one attached hydrogen (secondary N) is 1. The number of ether oxygens (including phenoxy) is 1. The maximum Gasteiger partial charge on any atom is 0.262 e. The molecule has 1 amide bonds. The van der Waals surface area contributed by atoms with Gasteiger partial charge in [0, 0.05) is 6.54 Å². The molecule has 5 nitrogen and oxygen atoms in total. The molecule has 1 aliphatic heterocycles. The summed E-state index contributed by atoms with van der Waals surface area (Å²) in [6, 6.07) is 5.44. The first-order chi connectivity index (χ1) is 7.69. The van der Waals surface area contributed by atoms with Crippen LogP contribution in [0, 0.1) is 0 Å². The Kier molecular flexibility index (Phi) is 3.07. The number of benzene rings is 1. The van der Waals surface area contributed by atoms with E-state index in [1.54, 1.807) is 12.1 Å². The summed E-state index contributed by atoms with van der Waals surface area (Å²) in [6.45, 7) is 0.276. The van der Waals surface area contributed by atoms with Crippen molar-refractivity contribution in [2.45, 2.75) is 12.5 Å². The number of aliphatic hydroxyl groups is 1. The average Bonchev–Trinajstić information content (AvgIpc) is 2.28. The van der Waals surface area contributed by atoms with Gasteiger partial charge in [0.05, 0.1) is 11.8 Å². The molecule has 1 heterocycles. The van der Waals surface area contributed by atoms with Gasteiger partial charge < -0.3 is 20.9 Å². The van der Waals surface area contributed by atoms with Crippen LogP contribution in [0.15, 0.2) is 18.2 Å². The van der Waals surface area contributed by atoms with Crippen LogP contribution in [0.4, 0.5) is 5.69 Å². The van der Waals surface area contributed by atoms with E-state index in [9.17, 15) is 9.90 Å². The molecule has 16 heavy (non-hydrogen) atoms. The Morgan fingerprint density at radius 1 is 1.56 bits per heavy atom. The Morgan fingerprint density at radius 3 is 3.12 bits per heavy atom. The predicted molar refractivity (Wildman–Crippen MR) is 59.3 cm³/mol. The van der Waals surface area contributed by atoms with Gasteiger partial charge in [-0.3, -0.25) is 4.79 Å². The van der Waals surface area contributed by atoms with E-state index in [1.165, 1.54) is 0 Å². The van der Waals surface area contributed by atoms with Crippen molar-refractivity contribution in [3.05, 3.63) is 23.8 Å². The fraction of sp³-hybridized carbons (Fsp3) is 0.364. The molecule has 1 aromatic carbocycles. The molecule has 1 atom stereocenters. The summed E-state index contributed by atoms with van der Waals surface area (Å²) < 4.78 is 5.22. The monoisotopic (exact) mass is 222 g/mol. The summed E-state index contributed by atoms with van der Waals surface area (Å²) in [5.41, 5.74) is 6.91. The molecule has 0 aromatic heterocycles. The Balaban J connectivity index is 2.18. The highest BCUT2D eigenvalue weighted by Gasteiger charge is 2.16. The maximum atomic E-state index is 11.1. The fourth-order valence-electron chi connectivity index (χ4n) is 1.61. The van der Waals surface area contributed by atoms with Gasteiger partial charge >= 0.3 is 0 Å². The third-order valence-electron chi connectivity index (χ3n) is 2.42. The van der Waals surface area contributed by atoms with Crippen molar-refractivity contribution in [2.75, 3.05) is 18.5 Å². The van der Waals surface area contributed by atoms with Crippen molar-refractivity contribution in [3.8, 4) is 5.75 Å². The smallest absolute Gasteiger partial charge is 0.262 e. The summed E-state index contributed by atoms with van der Waals surface area (Å²) in [6.07, 6.45) is -0.0853. The summed E-state index contributed by atoms with van der Waals surface area (Å²) >= 11 is 0. The molecule has 4 N–H and O–H groups in total. The van der Waals surface area contributed by atoms with E-state index in [0.29, 0.717) is 17.9 Å². The molecule has 2 rings (SSSR count). The second kappa shape index (κ2) is 4.51. The molecule has 0 aliphatic carbocycles. The van der Waals surface area contributed by atoms with Crippen molar-refractivity contribution < 1.29 is 14.6 Å². The number of carbonyl (C=O) groups excluding carboxylic acids is 1. The molecule has 86 valence electrons. The van der Waals surface area contributed by atoms with E-state index in [4.69, 9.17) is 10.5 Å². The summed E-state index contributed by atoms with van der Waals surface area (Å²) in [5, 5.41) is 12.1. The minimum Gasteiger partial charge on any atom is -0.482 e.